The van der Waals surface area contributed by atoms with Crippen molar-refractivity contribution < 1.29 is 0 Å². The minimum Gasteiger partial charge on any atom is -0.285 e. The molecule has 0 amide bonds. The number of aromatic nitrogens is 6. The summed E-state index contributed by atoms with van der Waals surface area (Å²) in [6.45, 7) is 0. The third kappa shape index (κ3) is 1.87. The Balaban J connectivity index is 2.06. The van der Waals surface area contributed by atoms with Crippen molar-refractivity contribution in [2.75, 3.05) is 0 Å². The maximum absolute atomic E-state index is 4.39. The molecule has 3 rings (SSSR count). The van der Waals surface area contributed by atoms with Crippen LogP contribution in [0.2, 0.25) is 0 Å². The zero-order valence-electron chi connectivity index (χ0n) is 8.78. The number of hydrogen-bond acceptors (Lipinski definition) is 5. The monoisotopic (exact) mass is 224 g/mol. The van der Waals surface area contributed by atoms with E-state index in [0.717, 1.165) is 11.4 Å². The van der Waals surface area contributed by atoms with Crippen molar-refractivity contribution in [3.63, 3.8) is 0 Å². The number of nitrogens with one attached hydrogen (secondary N) is 1. The molecule has 0 saturated carbocycles. The first-order valence-corrected chi connectivity index (χ1v) is 5.05. The average molecular weight is 224 g/mol. The quantitative estimate of drug-likeness (QED) is 0.710. The van der Waals surface area contributed by atoms with Gasteiger partial charge in [-0.25, -0.2) is 9.97 Å². The lowest BCUT2D eigenvalue weighted by Crippen LogP contribution is -1.94. The Morgan fingerprint density at radius 1 is 0.941 bits per heavy atom. The molecule has 0 saturated heterocycles. The van der Waals surface area contributed by atoms with Crippen LogP contribution >= 0.6 is 0 Å². The fourth-order valence-electron chi connectivity index (χ4n) is 1.45. The summed E-state index contributed by atoms with van der Waals surface area (Å²) in [5, 5.41) is 14.6. The van der Waals surface area contributed by atoms with E-state index in [-0.39, 0.29) is 0 Å². The van der Waals surface area contributed by atoms with Crippen LogP contribution < -0.4 is 0 Å². The van der Waals surface area contributed by atoms with Crippen LogP contribution in [0.5, 0.6) is 0 Å². The van der Waals surface area contributed by atoms with Gasteiger partial charge in [-0.05, 0) is 24.3 Å². The Hall–Kier alpha value is -2.63. The standard InChI is InChI=1S/C11H8N6/c1-2-10(17-13-5-1)11-12-6-3-8(15-11)9-4-7-14-16-9/h1-7H,(H,14,16). The van der Waals surface area contributed by atoms with E-state index in [1.54, 1.807) is 30.7 Å². The van der Waals surface area contributed by atoms with E-state index in [1.165, 1.54) is 0 Å². The Bertz CT molecular complexity index is 605. The Labute approximate surface area is 96.8 Å². The molecule has 3 heterocycles. The van der Waals surface area contributed by atoms with Gasteiger partial charge >= 0.3 is 0 Å². The van der Waals surface area contributed by atoms with E-state index in [9.17, 15) is 0 Å². The van der Waals surface area contributed by atoms with E-state index < -0.39 is 0 Å². The SMILES string of the molecule is c1cnnc(-c2nccc(-c3cc[nH]n3)n2)c1. The molecule has 82 valence electrons. The minimum absolute atomic E-state index is 0.540. The lowest BCUT2D eigenvalue weighted by molar-refractivity contribution is 1.01. The highest BCUT2D eigenvalue weighted by Crippen LogP contribution is 2.16. The Morgan fingerprint density at radius 2 is 1.94 bits per heavy atom. The largest absolute Gasteiger partial charge is 0.285 e. The van der Waals surface area contributed by atoms with Crippen molar-refractivity contribution in [2.24, 2.45) is 0 Å². The van der Waals surface area contributed by atoms with Gasteiger partial charge in [-0.3, -0.25) is 5.10 Å². The number of nitrogens with zero attached hydrogens (tertiary/aromatic N) is 5. The van der Waals surface area contributed by atoms with Gasteiger partial charge in [-0.1, -0.05) is 0 Å². The van der Waals surface area contributed by atoms with Crippen LogP contribution in [0.15, 0.2) is 42.9 Å². The predicted octanol–water partition coefficient (Wildman–Crippen LogP) is 1.32. The number of rotatable bonds is 2. The maximum atomic E-state index is 4.39. The molecule has 6 heteroatoms. The van der Waals surface area contributed by atoms with Crippen molar-refractivity contribution in [3.05, 3.63) is 42.9 Å². The number of hydrogen-bond donors (Lipinski definition) is 1. The number of aromatic amines is 1. The highest BCUT2D eigenvalue weighted by atomic mass is 15.1. The predicted molar refractivity (Wildman–Crippen MR) is 60.6 cm³/mol. The van der Waals surface area contributed by atoms with E-state index in [1.807, 2.05) is 12.1 Å². The zero-order valence-corrected chi connectivity index (χ0v) is 8.78. The minimum atomic E-state index is 0.540. The second kappa shape index (κ2) is 4.09. The maximum Gasteiger partial charge on any atom is 0.180 e. The van der Waals surface area contributed by atoms with Crippen LogP contribution in [0, 0.1) is 0 Å². The van der Waals surface area contributed by atoms with Crippen molar-refractivity contribution in [3.8, 4) is 22.9 Å². The number of H-pyrrole nitrogens is 1. The van der Waals surface area contributed by atoms with Crippen molar-refractivity contribution in [2.45, 2.75) is 0 Å². The highest BCUT2D eigenvalue weighted by Gasteiger charge is 2.06. The molecule has 0 aliphatic carbocycles. The molecule has 3 aromatic heterocycles. The second-order valence-electron chi connectivity index (χ2n) is 3.33. The topological polar surface area (TPSA) is 80.2 Å². The van der Waals surface area contributed by atoms with Gasteiger partial charge < -0.3 is 0 Å². The molecule has 3 aromatic rings. The van der Waals surface area contributed by atoms with E-state index in [4.69, 9.17) is 0 Å². The molecule has 0 unspecified atom stereocenters. The highest BCUT2D eigenvalue weighted by molar-refractivity contribution is 5.57. The van der Waals surface area contributed by atoms with Gasteiger partial charge in [-0.15, -0.1) is 5.10 Å². The van der Waals surface area contributed by atoms with Gasteiger partial charge in [0.05, 0.1) is 5.69 Å². The molecule has 0 fully saturated rings. The van der Waals surface area contributed by atoms with Crippen molar-refractivity contribution in [1.82, 2.24) is 30.4 Å². The normalized spacial score (nSPS) is 10.4. The van der Waals surface area contributed by atoms with Gasteiger partial charge in [-0.2, -0.15) is 10.2 Å². The van der Waals surface area contributed by atoms with Crippen LogP contribution in [0.4, 0.5) is 0 Å². The summed E-state index contributed by atoms with van der Waals surface area (Å²) in [5.41, 5.74) is 2.17. The van der Waals surface area contributed by atoms with Gasteiger partial charge in [0.1, 0.15) is 11.4 Å². The molecular formula is C11H8N6. The molecule has 0 aromatic carbocycles. The molecule has 1 N–H and O–H groups in total. The van der Waals surface area contributed by atoms with Crippen LogP contribution in [0.25, 0.3) is 22.9 Å². The summed E-state index contributed by atoms with van der Waals surface area (Å²) in [5.74, 6) is 0.540. The van der Waals surface area contributed by atoms with Gasteiger partial charge in [0.25, 0.3) is 0 Å². The van der Waals surface area contributed by atoms with E-state index >= 15 is 0 Å². The lowest BCUT2D eigenvalue weighted by Gasteiger charge is -1.99. The second-order valence-corrected chi connectivity index (χ2v) is 3.33. The zero-order chi connectivity index (χ0) is 11.5. The molecule has 6 nitrogen and oxygen atoms in total. The van der Waals surface area contributed by atoms with Crippen LogP contribution in [-0.4, -0.2) is 30.4 Å². The average Bonchev–Trinajstić information content (AvgIpc) is 2.94. The summed E-state index contributed by atoms with van der Waals surface area (Å²) in [6.07, 6.45) is 5.04. The van der Waals surface area contributed by atoms with Crippen LogP contribution in [0.3, 0.4) is 0 Å². The van der Waals surface area contributed by atoms with Gasteiger partial charge in [0, 0.05) is 18.6 Å². The molecule has 0 radical (unpaired) electrons. The lowest BCUT2D eigenvalue weighted by atomic mass is 10.3. The van der Waals surface area contributed by atoms with Crippen molar-refractivity contribution in [1.29, 1.82) is 0 Å². The molecule has 0 spiro atoms. The summed E-state index contributed by atoms with van der Waals surface area (Å²) in [7, 11) is 0. The fraction of sp³-hybridized carbons (Fsp3) is 0. The molecule has 0 aliphatic rings. The molecule has 0 atom stereocenters. The first-order chi connectivity index (χ1) is 8.43. The third-order valence-corrected chi connectivity index (χ3v) is 2.22. The fourth-order valence-corrected chi connectivity index (χ4v) is 1.45. The third-order valence-electron chi connectivity index (χ3n) is 2.22. The Kier molecular flexibility index (Phi) is 2.31. The Morgan fingerprint density at radius 3 is 2.71 bits per heavy atom. The summed E-state index contributed by atoms with van der Waals surface area (Å²) < 4.78 is 0. The smallest absolute Gasteiger partial charge is 0.180 e. The van der Waals surface area contributed by atoms with E-state index in [2.05, 4.69) is 30.4 Å². The molecular weight excluding hydrogens is 216 g/mol. The molecule has 0 bridgehead atoms. The van der Waals surface area contributed by atoms with Crippen LogP contribution in [-0.2, 0) is 0 Å². The molecule has 0 aliphatic heterocycles. The first kappa shape index (κ1) is 9.59. The molecule has 17 heavy (non-hydrogen) atoms. The summed E-state index contributed by atoms with van der Waals surface area (Å²) in [4.78, 5) is 8.56. The summed E-state index contributed by atoms with van der Waals surface area (Å²) >= 11 is 0. The first-order valence-electron chi connectivity index (χ1n) is 5.05. The van der Waals surface area contributed by atoms with Crippen LogP contribution in [0.1, 0.15) is 0 Å². The summed E-state index contributed by atoms with van der Waals surface area (Å²) in [6, 6.07) is 7.27. The van der Waals surface area contributed by atoms with Gasteiger partial charge in [0.15, 0.2) is 5.82 Å². The van der Waals surface area contributed by atoms with E-state index in [0.29, 0.717) is 11.5 Å². The van der Waals surface area contributed by atoms with Crippen molar-refractivity contribution >= 4 is 0 Å². The van der Waals surface area contributed by atoms with Gasteiger partial charge in [0.2, 0.25) is 0 Å².